The molecule has 0 aliphatic carbocycles. The summed E-state index contributed by atoms with van der Waals surface area (Å²) in [5, 5.41) is 35.0. The van der Waals surface area contributed by atoms with Gasteiger partial charge in [0.1, 0.15) is 18.9 Å². The molecule has 0 aromatic carbocycles. The number of hydrogen-bond donors (Lipinski definition) is 3. The topological polar surface area (TPSA) is 131 Å². The first-order valence-corrected chi connectivity index (χ1v) is 5.66. The number of nitrogens with zero attached hydrogens (tertiary/aromatic N) is 3. The van der Waals surface area contributed by atoms with E-state index in [0.717, 1.165) is 17.1 Å². The number of rotatable bonds is 7. The molecule has 1 aromatic rings. The van der Waals surface area contributed by atoms with E-state index < -0.39 is 29.6 Å². The first-order valence-electron chi connectivity index (χ1n) is 5.66. The summed E-state index contributed by atoms with van der Waals surface area (Å²) >= 11 is 0. The molecule has 0 saturated heterocycles. The molecule has 3 N–H and O–H groups in total. The molecule has 106 valence electrons. The molecule has 0 atom stereocenters. The van der Waals surface area contributed by atoms with Gasteiger partial charge in [0.15, 0.2) is 0 Å². The van der Waals surface area contributed by atoms with Crippen molar-refractivity contribution in [3.63, 3.8) is 0 Å². The van der Waals surface area contributed by atoms with Crippen molar-refractivity contribution in [2.75, 3.05) is 13.2 Å². The van der Waals surface area contributed by atoms with Crippen LogP contribution in [0.2, 0.25) is 0 Å². The zero-order chi connectivity index (χ0) is 14.5. The Bertz CT molecular complexity index is 446. The van der Waals surface area contributed by atoms with Crippen molar-refractivity contribution in [2.24, 2.45) is 0 Å². The number of hydrogen-bond acceptors (Lipinski definition) is 6. The van der Waals surface area contributed by atoms with Gasteiger partial charge in [-0.05, 0) is 6.42 Å². The van der Waals surface area contributed by atoms with Crippen LogP contribution in [-0.2, 0) is 11.3 Å². The molecule has 9 nitrogen and oxygen atoms in total. The summed E-state index contributed by atoms with van der Waals surface area (Å²) in [4.78, 5) is 21.6. The second-order valence-corrected chi connectivity index (χ2v) is 4.15. The maximum Gasteiger partial charge on any atom is 0.307 e. The van der Waals surface area contributed by atoms with Crippen molar-refractivity contribution in [2.45, 2.75) is 25.4 Å². The molecule has 1 rings (SSSR count). The van der Waals surface area contributed by atoms with Gasteiger partial charge in [-0.1, -0.05) is 6.92 Å². The monoisotopic (exact) mass is 272 g/mol. The van der Waals surface area contributed by atoms with Crippen LogP contribution in [0.3, 0.4) is 0 Å². The van der Waals surface area contributed by atoms with Gasteiger partial charge in [-0.3, -0.25) is 19.6 Å². The van der Waals surface area contributed by atoms with Crippen molar-refractivity contribution in [3.8, 4) is 0 Å². The average Bonchev–Trinajstić information content (AvgIpc) is 2.84. The Hall–Kier alpha value is -2.00. The molecule has 0 spiro atoms. The Morgan fingerprint density at radius 3 is 2.63 bits per heavy atom. The Kier molecular flexibility index (Phi) is 4.95. The molecule has 0 radical (unpaired) electrons. The van der Waals surface area contributed by atoms with Crippen LogP contribution in [0, 0.1) is 10.1 Å². The third-order valence-electron chi connectivity index (χ3n) is 2.82. The number of nitro groups is 1. The number of aromatic nitrogens is 2. The van der Waals surface area contributed by atoms with Crippen LogP contribution >= 0.6 is 0 Å². The second kappa shape index (κ2) is 6.25. The van der Waals surface area contributed by atoms with Crippen molar-refractivity contribution < 1.29 is 19.9 Å². The lowest BCUT2D eigenvalue weighted by atomic mass is 9.98. The van der Waals surface area contributed by atoms with Crippen LogP contribution in [0.25, 0.3) is 0 Å². The van der Waals surface area contributed by atoms with E-state index in [1.807, 2.05) is 0 Å². The molecule has 0 bridgehead atoms. The van der Waals surface area contributed by atoms with Gasteiger partial charge in [0.25, 0.3) is 0 Å². The summed E-state index contributed by atoms with van der Waals surface area (Å²) in [7, 11) is 0. The van der Waals surface area contributed by atoms with Gasteiger partial charge in [0, 0.05) is 0 Å². The molecule has 19 heavy (non-hydrogen) atoms. The highest BCUT2D eigenvalue weighted by atomic mass is 16.6. The maximum absolute atomic E-state index is 11.7. The zero-order valence-electron chi connectivity index (χ0n) is 10.4. The fourth-order valence-corrected chi connectivity index (χ4v) is 1.46. The molecule has 0 fully saturated rings. The minimum Gasteiger partial charge on any atom is -0.394 e. The number of aliphatic hydroxyl groups is 2. The standard InChI is InChI=1S/C10H16N4O5/c1-2-10(6-15,7-16)12-9(17)5-13-4-8(3-11-13)14(18)19/h3-4,15-16H,2,5-7H2,1H3,(H,12,17). The Labute approximate surface area is 109 Å². The summed E-state index contributed by atoms with van der Waals surface area (Å²) in [6, 6.07) is 0. The predicted molar refractivity (Wildman–Crippen MR) is 64.2 cm³/mol. The van der Waals surface area contributed by atoms with E-state index >= 15 is 0 Å². The molecule has 1 heterocycles. The smallest absolute Gasteiger partial charge is 0.307 e. The van der Waals surface area contributed by atoms with Crippen molar-refractivity contribution >= 4 is 11.6 Å². The van der Waals surface area contributed by atoms with Crippen molar-refractivity contribution in [1.82, 2.24) is 15.1 Å². The first-order chi connectivity index (χ1) is 8.96. The van der Waals surface area contributed by atoms with Crippen LogP contribution in [0.4, 0.5) is 5.69 Å². The first kappa shape index (κ1) is 15.1. The van der Waals surface area contributed by atoms with Crippen LogP contribution in [0.5, 0.6) is 0 Å². The largest absolute Gasteiger partial charge is 0.394 e. The van der Waals surface area contributed by atoms with E-state index in [2.05, 4.69) is 10.4 Å². The summed E-state index contributed by atoms with van der Waals surface area (Å²) in [5.74, 6) is -0.497. The molecular weight excluding hydrogens is 256 g/mol. The SMILES string of the molecule is CCC(CO)(CO)NC(=O)Cn1cc([N+](=O)[O-])cn1. The second-order valence-electron chi connectivity index (χ2n) is 4.15. The lowest BCUT2D eigenvalue weighted by molar-refractivity contribution is -0.385. The molecule has 0 unspecified atom stereocenters. The van der Waals surface area contributed by atoms with Crippen molar-refractivity contribution in [1.29, 1.82) is 0 Å². The summed E-state index contributed by atoms with van der Waals surface area (Å²) in [6.45, 7) is 0.692. The third kappa shape index (κ3) is 3.73. The van der Waals surface area contributed by atoms with Gasteiger partial charge in [0.2, 0.25) is 5.91 Å². The molecule has 1 aromatic heterocycles. The van der Waals surface area contributed by atoms with E-state index in [0.29, 0.717) is 6.42 Å². The Balaban J connectivity index is 2.66. The molecule has 0 aliphatic heterocycles. The number of carbonyl (C=O) groups excluding carboxylic acids is 1. The van der Waals surface area contributed by atoms with Gasteiger partial charge >= 0.3 is 5.69 Å². The minimum atomic E-state index is -1.09. The quantitative estimate of drug-likeness (QED) is 0.433. The van der Waals surface area contributed by atoms with Gasteiger partial charge < -0.3 is 15.5 Å². The lowest BCUT2D eigenvalue weighted by Crippen LogP contribution is -2.54. The van der Waals surface area contributed by atoms with E-state index in [4.69, 9.17) is 0 Å². The molecule has 0 aliphatic rings. The van der Waals surface area contributed by atoms with Gasteiger partial charge in [0.05, 0.1) is 23.7 Å². The van der Waals surface area contributed by atoms with Crippen LogP contribution in [0.1, 0.15) is 13.3 Å². The summed E-state index contributed by atoms with van der Waals surface area (Å²) in [6.07, 6.45) is 2.52. The Morgan fingerprint density at radius 1 is 1.58 bits per heavy atom. The molecule has 9 heteroatoms. The number of amides is 1. The lowest BCUT2D eigenvalue weighted by Gasteiger charge is -2.29. The molecular formula is C10H16N4O5. The fraction of sp³-hybridized carbons (Fsp3) is 0.600. The van der Waals surface area contributed by atoms with E-state index in [9.17, 15) is 25.1 Å². The van der Waals surface area contributed by atoms with Gasteiger partial charge in [-0.15, -0.1) is 0 Å². The fourth-order valence-electron chi connectivity index (χ4n) is 1.46. The van der Waals surface area contributed by atoms with E-state index in [1.165, 1.54) is 0 Å². The van der Waals surface area contributed by atoms with Crippen LogP contribution < -0.4 is 5.32 Å². The van der Waals surface area contributed by atoms with Crippen molar-refractivity contribution in [3.05, 3.63) is 22.5 Å². The van der Waals surface area contributed by atoms with Crippen LogP contribution in [-0.4, -0.2) is 49.6 Å². The Morgan fingerprint density at radius 2 is 2.21 bits per heavy atom. The number of nitrogens with one attached hydrogen (secondary N) is 1. The van der Waals surface area contributed by atoms with Gasteiger partial charge in [-0.2, -0.15) is 5.10 Å². The maximum atomic E-state index is 11.7. The highest BCUT2D eigenvalue weighted by molar-refractivity contribution is 5.76. The van der Waals surface area contributed by atoms with Gasteiger partial charge in [-0.25, -0.2) is 0 Å². The molecule has 0 saturated carbocycles. The summed E-state index contributed by atoms with van der Waals surface area (Å²) in [5.41, 5.74) is -1.30. The number of carbonyl (C=O) groups is 1. The normalized spacial score (nSPS) is 11.3. The predicted octanol–water partition coefficient (Wildman–Crippen LogP) is -0.959. The van der Waals surface area contributed by atoms with E-state index in [1.54, 1.807) is 6.92 Å². The van der Waals surface area contributed by atoms with E-state index in [-0.39, 0.29) is 12.2 Å². The average molecular weight is 272 g/mol. The minimum absolute atomic E-state index is 0.209. The third-order valence-corrected chi connectivity index (χ3v) is 2.82. The molecule has 1 amide bonds. The highest BCUT2D eigenvalue weighted by Crippen LogP contribution is 2.10. The zero-order valence-corrected chi connectivity index (χ0v) is 10.4. The highest BCUT2D eigenvalue weighted by Gasteiger charge is 2.28. The van der Waals surface area contributed by atoms with Crippen LogP contribution in [0.15, 0.2) is 12.4 Å². The summed E-state index contributed by atoms with van der Waals surface area (Å²) < 4.78 is 1.11. The number of aliphatic hydroxyl groups excluding tert-OH is 2.